The van der Waals surface area contributed by atoms with Crippen molar-refractivity contribution in [1.82, 2.24) is 5.32 Å². The number of phenolic OH excluding ortho intramolecular Hbond substituents is 1. The first-order valence-corrected chi connectivity index (χ1v) is 7.25. The lowest BCUT2D eigenvalue weighted by Crippen LogP contribution is -2.20. The van der Waals surface area contributed by atoms with Crippen molar-refractivity contribution in [2.75, 3.05) is 18.6 Å². The summed E-state index contributed by atoms with van der Waals surface area (Å²) >= 11 is 1.85. The van der Waals surface area contributed by atoms with E-state index in [9.17, 15) is 4.39 Å². The molecular weight excluding hydrogens is 237 g/mol. The second-order valence-electron chi connectivity index (χ2n) is 4.08. The molecule has 1 unspecified atom stereocenters. The van der Waals surface area contributed by atoms with Gasteiger partial charge in [0, 0.05) is 17.7 Å². The van der Waals surface area contributed by atoms with Crippen LogP contribution < -0.4 is 5.32 Å². The summed E-state index contributed by atoms with van der Waals surface area (Å²) in [6, 6.07) is 4.28. The summed E-state index contributed by atoms with van der Waals surface area (Å²) in [5.74, 6) is 0.788. The molecule has 4 heteroatoms. The molecule has 0 radical (unpaired) electrons. The van der Waals surface area contributed by atoms with Gasteiger partial charge in [-0.25, -0.2) is 4.39 Å². The Morgan fingerprint density at radius 3 is 2.82 bits per heavy atom. The van der Waals surface area contributed by atoms with Crippen molar-refractivity contribution in [2.45, 2.75) is 25.8 Å². The van der Waals surface area contributed by atoms with Gasteiger partial charge >= 0.3 is 0 Å². The number of aromatic hydroxyl groups is 1. The van der Waals surface area contributed by atoms with E-state index in [2.05, 4.69) is 11.6 Å². The molecule has 0 aliphatic rings. The minimum Gasteiger partial charge on any atom is -0.508 e. The monoisotopic (exact) mass is 257 g/mol. The van der Waals surface area contributed by atoms with Crippen LogP contribution in [0.4, 0.5) is 4.39 Å². The van der Waals surface area contributed by atoms with Crippen molar-refractivity contribution >= 4 is 11.8 Å². The number of unbranched alkanes of at least 4 members (excludes halogenated alkanes) is 1. The molecule has 0 fully saturated rings. The predicted molar refractivity (Wildman–Crippen MR) is 72.1 cm³/mol. The number of hydrogen-bond acceptors (Lipinski definition) is 3. The molecule has 0 amide bonds. The quantitative estimate of drug-likeness (QED) is 0.735. The van der Waals surface area contributed by atoms with Gasteiger partial charge in [0.05, 0.1) is 0 Å². The van der Waals surface area contributed by atoms with Gasteiger partial charge in [0.2, 0.25) is 0 Å². The van der Waals surface area contributed by atoms with E-state index in [0.29, 0.717) is 5.56 Å². The van der Waals surface area contributed by atoms with Crippen LogP contribution in [-0.2, 0) is 0 Å². The number of rotatable bonds is 7. The molecule has 1 atom stereocenters. The van der Waals surface area contributed by atoms with Crippen molar-refractivity contribution in [3.8, 4) is 5.75 Å². The SMILES string of the molecule is CSCCCCNC(C)c1ccc(O)cc1F. The van der Waals surface area contributed by atoms with E-state index in [-0.39, 0.29) is 17.6 Å². The van der Waals surface area contributed by atoms with E-state index in [1.807, 2.05) is 18.7 Å². The molecule has 1 rings (SSSR count). The predicted octanol–water partition coefficient (Wildman–Crippen LogP) is 3.33. The highest BCUT2D eigenvalue weighted by atomic mass is 32.2. The lowest BCUT2D eigenvalue weighted by molar-refractivity contribution is 0.463. The van der Waals surface area contributed by atoms with Crippen LogP contribution in [0.1, 0.15) is 31.4 Å². The number of thioether (sulfide) groups is 1. The van der Waals surface area contributed by atoms with Gasteiger partial charge in [-0.1, -0.05) is 6.07 Å². The minimum atomic E-state index is -0.353. The van der Waals surface area contributed by atoms with E-state index in [0.717, 1.165) is 19.0 Å². The van der Waals surface area contributed by atoms with Crippen LogP contribution in [0.5, 0.6) is 5.75 Å². The van der Waals surface area contributed by atoms with Gasteiger partial charge in [-0.3, -0.25) is 0 Å². The maximum absolute atomic E-state index is 13.5. The van der Waals surface area contributed by atoms with Crippen molar-refractivity contribution in [3.63, 3.8) is 0 Å². The van der Waals surface area contributed by atoms with Crippen molar-refractivity contribution in [2.24, 2.45) is 0 Å². The first kappa shape index (κ1) is 14.3. The summed E-state index contributed by atoms with van der Waals surface area (Å²) in [6.07, 6.45) is 4.38. The summed E-state index contributed by atoms with van der Waals surface area (Å²) in [6.45, 7) is 2.83. The number of hydrogen-bond donors (Lipinski definition) is 2. The van der Waals surface area contributed by atoms with Crippen molar-refractivity contribution in [1.29, 1.82) is 0 Å². The average molecular weight is 257 g/mol. The minimum absolute atomic E-state index is 0.0233. The van der Waals surface area contributed by atoms with Gasteiger partial charge in [0.25, 0.3) is 0 Å². The summed E-state index contributed by atoms with van der Waals surface area (Å²) < 4.78 is 13.5. The molecule has 0 aliphatic heterocycles. The highest BCUT2D eigenvalue weighted by Gasteiger charge is 2.10. The van der Waals surface area contributed by atoms with Crippen LogP contribution in [0.3, 0.4) is 0 Å². The Kier molecular flexibility index (Phi) is 6.37. The number of halogens is 1. The molecule has 0 heterocycles. The molecule has 96 valence electrons. The molecule has 1 aromatic carbocycles. The summed E-state index contributed by atoms with van der Waals surface area (Å²) in [4.78, 5) is 0. The fourth-order valence-corrected chi connectivity index (χ4v) is 2.16. The molecule has 2 N–H and O–H groups in total. The molecule has 2 nitrogen and oxygen atoms in total. The highest BCUT2D eigenvalue weighted by Crippen LogP contribution is 2.20. The lowest BCUT2D eigenvalue weighted by atomic mass is 10.1. The zero-order valence-electron chi connectivity index (χ0n) is 10.4. The van der Waals surface area contributed by atoms with Crippen LogP contribution >= 0.6 is 11.8 Å². The van der Waals surface area contributed by atoms with Gasteiger partial charge in [-0.15, -0.1) is 0 Å². The molecule has 1 aromatic rings. The van der Waals surface area contributed by atoms with Gasteiger partial charge in [-0.2, -0.15) is 11.8 Å². The number of benzene rings is 1. The Hall–Kier alpha value is -0.740. The van der Waals surface area contributed by atoms with E-state index < -0.39 is 0 Å². The molecule has 0 bridgehead atoms. The zero-order valence-corrected chi connectivity index (χ0v) is 11.2. The van der Waals surface area contributed by atoms with Crippen LogP contribution in [0, 0.1) is 5.82 Å². The maximum Gasteiger partial charge on any atom is 0.131 e. The molecule has 0 spiro atoms. The maximum atomic E-state index is 13.5. The summed E-state index contributed by atoms with van der Waals surface area (Å²) in [5, 5.41) is 12.4. The molecule has 0 saturated carbocycles. The normalized spacial score (nSPS) is 12.6. The lowest BCUT2D eigenvalue weighted by Gasteiger charge is -2.15. The van der Waals surface area contributed by atoms with Gasteiger partial charge in [0.15, 0.2) is 0 Å². The van der Waals surface area contributed by atoms with E-state index in [1.54, 1.807) is 6.07 Å². The van der Waals surface area contributed by atoms with E-state index in [1.165, 1.54) is 18.2 Å². The largest absolute Gasteiger partial charge is 0.508 e. The number of phenols is 1. The molecule has 0 aliphatic carbocycles. The zero-order chi connectivity index (χ0) is 12.7. The second-order valence-corrected chi connectivity index (χ2v) is 5.07. The van der Waals surface area contributed by atoms with Crippen molar-refractivity contribution < 1.29 is 9.50 Å². The fourth-order valence-electron chi connectivity index (χ4n) is 1.67. The highest BCUT2D eigenvalue weighted by molar-refractivity contribution is 7.98. The Labute approximate surface area is 107 Å². The van der Waals surface area contributed by atoms with Crippen LogP contribution in [0.25, 0.3) is 0 Å². The van der Waals surface area contributed by atoms with E-state index >= 15 is 0 Å². The Morgan fingerprint density at radius 2 is 2.18 bits per heavy atom. The summed E-state index contributed by atoms with van der Waals surface area (Å²) in [5.41, 5.74) is 0.604. The molecule has 0 saturated heterocycles. The summed E-state index contributed by atoms with van der Waals surface area (Å²) in [7, 11) is 0. The Balaban J connectivity index is 2.38. The number of nitrogens with one attached hydrogen (secondary N) is 1. The van der Waals surface area contributed by atoms with Crippen molar-refractivity contribution in [3.05, 3.63) is 29.6 Å². The first-order valence-electron chi connectivity index (χ1n) is 5.86. The van der Waals surface area contributed by atoms with Crippen LogP contribution in [0.15, 0.2) is 18.2 Å². The Bertz CT molecular complexity index is 346. The smallest absolute Gasteiger partial charge is 0.131 e. The van der Waals surface area contributed by atoms with Gasteiger partial charge in [-0.05, 0) is 44.4 Å². The molecule has 0 aromatic heterocycles. The average Bonchev–Trinajstić information content (AvgIpc) is 2.28. The van der Waals surface area contributed by atoms with Crippen LogP contribution in [0.2, 0.25) is 0 Å². The third kappa shape index (κ3) is 4.96. The van der Waals surface area contributed by atoms with Crippen LogP contribution in [-0.4, -0.2) is 23.7 Å². The standard InChI is InChI=1S/C13H20FNOS/c1-10(15-7-3-4-8-17-2)12-6-5-11(16)9-13(12)14/h5-6,9-10,15-16H,3-4,7-8H2,1-2H3. The second kappa shape index (κ2) is 7.56. The topological polar surface area (TPSA) is 32.3 Å². The third-order valence-electron chi connectivity index (χ3n) is 2.68. The molecular formula is C13H20FNOS. The van der Waals surface area contributed by atoms with Gasteiger partial charge < -0.3 is 10.4 Å². The Morgan fingerprint density at radius 1 is 1.41 bits per heavy atom. The van der Waals surface area contributed by atoms with Gasteiger partial charge in [0.1, 0.15) is 11.6 Å². The third-order valence-corrected chi connectivity index (χ3v) is 3.37. The molecule has 17 heavy (non-hydrogen) atoms. The van der Waals surface area contributed by atoms with E-state index in [4.69, 9.17) is 5.11 Å². The first-order chi connectivity index (χ1) is 8.15. The fraction of sp³-hybridized carbons (Fsp3) is 0.538.